The van der Waals surface area contributed by atoms with E-state index in [1.165, 1.54) is 0 Å². The summed E-state index contributed by atoms with van der Waals surface area (Å²) in [4.78, 5) is 8.03. The number of hydrogen-bond acceptors (Lipinski definition) is 4. The topological polar surface area (TPSA) is 63.8 Å². The average Bonchev–Trinajstić information content (AvgIpc) is 2.02. The molecule has 6 heteroatoms. The smallest absolute Gasteiger partial charge is 0.132 e. The van der Waals surface area contributed by atoms with Crippen LogP contribution in [0.2, 0.25) is 0 Å². The van der Waals surface area contributed by atoms with Crippen molar-refractivity contribution in [1.29, 1.82) is 0 Å². The van der Waals surface area contributed by atoms with Crippen molar-refractivity contribution >= 4 is 35.0 Å². The van der Waals surface area contributed by atoms with Gasteiger partial charge in [-0.15, -0.1) is 12.6 Å². The van der Waals surface area contributed by atoms with Gasteiger partial charge >= 0.3 is 0 Å². The number of anilines is 1. The van der Waals surface area contributed by atoms with E-state index in [1.807, 2.05) is 0 Å². The minimum Gasteiger partial charge on any atom is -0.383 e. The fourth-order valence-electron chi connectivity index (χ4n) is 0.820. The second kappa shape index (κ2) is 4.38. The maximum absolute atomic E-state index is 5.65. The molecule has 0 unspecified atom stereocenters. The summed E-state index contributed by atoms with van der Waals surface area (Å²) in [6.45, 7) is 2.30. The number of nitrogen functional groups attached to an aromatic ring is 1. The van der Waals surface area contributed by atoms with Gasteiger partial charge in [-0.05, 0) is 6.92 Å². The Hall–Kier alpha value is -0.880. The van der Waals surface area contributed by atoms with Crippen LogP contribution in [0.15, 0.2) is 6.20 Å². The first-order chi connectivity index (χ1) is 6.09. The second-order valence-electron chi connectivity index (χ2n) is 2.49. The van der Waals surface area contributed by atoms with E-state index < -0.39 is 0 Å². The number of nitrogens with one attached hydrogen (secondary N) is 1. The van der Waals surface area contributed by atoms with E-state index in [-0.39, 0.29) is 0 Å². The molecule has 0 saturated heterocycles. The molecule has 1 aromatic heterocycles. The summed E-state index contributed by atoms with van der Waals surface area (Å²) >= 11 is 8.66. The first kappa shape index (κ1) is 10.2. The molecule has 0 amide bonds. The SMILES string of the molecule is Cc1ncc(CNC(=S)S)c(N)n1. The molecule has 0 spiro atoms. The van der Waals surface area contributed by atoms with Gasteiger partial charge in [0.15, 0.2) is 0 Å². The molecule has 0 radical (unpaired) electrons. The Morgan fingerprint density at radius 3 is 3.00 bits per heavy atom. The van der Waals surface area contributed by atoms with Crippen molar-refractivity contribution in [3.05, 3.63) is 17.6 Å². The van der Waals surface area contributed by atoms with Crippen LogP contribution in [0.1, 0.15) is 11.4 Å². The Labute approximate surface area is 87.4 Å². The van der Waals surface area contributed by atoms with E-state index in [0.29, 0.717) is 22.5 Å². The lowest BCUT2D eigenvalue weighted by Gasteiger charge is -2.05. The maximum Gasteiger partial charge on any atom is 0.132 e. The molecule has 3 N–H and O–H groups in total. The summed E-state index contributed by atoms with van der Waals surface area (Å²) in [5.74, 6) is 1.14. The van der Waals surface area contributed by atoms with Gasteiger partial charge in [0, 0.05) is 18.3 Å². The molecular weight excluding hydrogens is 204 g/mol. The van der Waals surface area contributed by atoms with Gasteiger partial charge in [0.05, 0.1) is 0 Å². The normalized spacial score (nSPS) is 9.69. The molecule has 0 saturated carbocycles. The van der Waals surface area contributed by atoms with Crippen LogP contribution in [-0.2, 0) is 6.54 Å². The van der Waals surface area contributed by atoms with Crippen LogP contribution in [0, 0.1) is 6.92 Å². The number of aromatic nitrogens is 2. The van der Waals surface area contributed by atoms with Crippen molar-refractivity contribution < 1.29 is 0 Å². The predicted octanol–water partition coefficient (Wildman–Crippen LogP) is 0.672. The summed E-state index contributed by atoms with van der Waals surface area (Å²) < 4.78 is 0.431. The Kier molecular flexibility index (Phi) is 3.44. The predicted molar refractivity (Wildman–Crippen MR) is 59.6 cm³/mol. The minimum atomic E-state index is 0.431. The van der Waals surface area contributed by atoms with Crippen molar-refractivity contribution in [2.24, 2.45) is 0 Å². The zero-order valence-electron chi connectivity index (χ0n) is 7.11. The molecule has 0 aliphatic rings. The van der Waals surface area contributed by atoms with Crippen LogP contribution in [-0.4, -0.2) is 14.3 Å². The first-order valence-corrected chi connectivity index (χ1v) is 4.50. The van der Waals surface area contributed by atoms with Gasteiger partial charge in [-0.2, -0.15) is 0 Å². The van der Waals surface area contributed by atoms with Crippen LogP contribution < -0.4 is 11.1 Å². The fourth-order valence-corrected chi connectivity index (χ4v) is 0.971. The minimum absolute atomic E-state index is 0.431. The van der Waals surface area contributed by atoms with Crippen molar-refractivity contribution in [3.8, 4) is 0 Å². The molecule has 1 heterocycles. The highest BCUT2D eigenvalue weighted by molar-refractivity contribution is 8.11. The van der Waals surface area contributed by atoms with Crippen LogP contribution >= 0.6 is 24.8 Å². The van der Waals surface area contributed by atoms with Crippen molar-refractivity contribution in [2.75, 3.05) is 5.73 Å². The molecule has 0 aliphatic carbocycles. The molecule has 0 atom stereocenters. The Balaban J connectivity index is 2.72. The molecule has 1 rings (SSSR count). The van der Waals surface area contributed by atoms with Gasteiger partial charge in [0.2, 0.25) is 0 Å². The van der Waals surface area contributed by atoms with Gasteiger partial charge < -0.3 is 11.1 Å². The molecule has 0 aromatic carbocycles. The number of nitrogens with two attached hydrogens (primary N) is 1. The molecule has 4 nitrogen and oxygen atoms in total. The largest absolute Gasteiger partial charge is 0.383 e. The zero-order chi connectivity index (χ0) is 9.84. The summed E-state index contributed by atoms with van der Waals surface area (Å²) in [7, 11) is 0. The Morgan fingerprint density at radius 1 is 1.77 bits per heavy atom. The number of nitrogens with zero attached hydrogens (tertiary/aromatic N) is 2. The van der Waals surface area contributed by atoms with Gasteiger partial charge in [-0.1, -0.05) is 12.2 Å². The summed E-state index contributed by atoms with van der Waals surface area (Å²) in [6.07, 6.45) is 1.68. The molecule has 0 aliphatic heterocycles. The summed E-state index contributed by atoms with van der Waals surface area (Å²) in [5, 5.41) is 2.86. The van der Waals surface area contributed by atoms with Crippen molar-refractivity contribution in [1.82, 2.24) is 15.3 Å². The lowest BCUT2D eigenvalue weighted by Crippen LogP contribution is -2.17. The van der Waals surface area contributed by atoms with Gasteiger partial charge in [-0.25, -0.2) is 9.97 Å². The Bertz CT molecular complexity index is 326. The average molecular weight is 214 g/mol. The third-order valence-corrected chi connectivity index (χ3v) is 1.75. The molecule has 13 heavy (non-hydrogen) atoms. The first-order valence-electron chi connectivity index (χ1n) is 3.64. The highest BCUT2D eigenvalue weighted by atomic mass is 32.1. The van der Waals surface area contributed by atoms with Crippen LogP contribution in [0.5, 0.6) is 0 Å². The number of rotatable bonds is 2. The molecule has 70 valence electrons. The van der Waals surface area contributed by atoms with E-state index >= 15 is 0 Å². The zero-order valence-corrected chi connectivity index (χ0v) is 8.82. The second-order valence-corrected chi connectivity index (χ2v) is 3.64. The van der Waals surface area contributed by atoms with E-state index in [1.54, 1.807) is 13.1 Å². The summed E-state index contributed by atoms with van der Waals surface area (Å²) in [5.41, 5.74) is 6.47. The molecule has 1 aromatic rings. The van der Waals surface area contributed by atoms with Crippen LogP contribution in [0.4, 0.5) is 5.82 Å². The third-order valence-electron chi connectivity index (χ3n) is 1.45. The number of thiol groups is 1. The van der Waals surface area contributed by atoms with E-state index in [4.69, 9.17) is 18.0 Å². The molecular formula is C7H10N4S2. The standard InChI is InChI=1S/C7H10N4S2/c1-4-9-2-5(6(8)11-4)3-10-7(12)13/h2H,3H2,1H3,(H2,8,9,11)(H2,10,12,13). The third kappa shape index (κ3) is 3.16. The monoisotopic (exact) mass is 214 g/mol. The highest BCUT2D eigenvalue weighted by Gasteiger charge is 2.01. The van der Waals surface area contributed by atoms with Gasteiger partial charge in [-0.3, -0.25) is 0 Å². The van der Waals surface area contributed by atoms with Crippen molar-refractivity contribution in [2.45, 2.75) is 13.5 Å². The van der Waals surface area contributed by atoms with Gasteiger partial charge in [0.25, 0.3) is 0 Å². The van der Waals surface area contributed by atoms with E-state index in [9.17, 15) is 0 Å². The van der Waals surface area contributed by atoms with Crippen LogP contribution in [0.25, 0.3) is 0 Å². The highest BCUT2D eigenvalue weighted by Crippen LogP contribution is 2.06. The number of hydrogen-bond donors (Lipinski definition) is 3. The molecule has 0 bridgehead atoms. The van der Waals surface area contributed by atoms with Crippen molar-refractivity contribution in [3.63, 3.8) is 0 Å². The molecule has 0 fully saturated rings. The number of aryl methyl sites for hydroxylation is 1. The summed E-state index contributed by atoms with van der Waals surface area (Å²) in [6, 6.07) is 0. The number of thiocarbonyl (C=S) groups is 1. The van der Waals surface area contributed by atoms with E-state index in [2.05, 4.69) is 27.9 Å². The Morgan fingerprint density at radius 2 is 2.46 bits per heavy atom. The van der Waals surface area contributed by atoms with E-state index in [0.717, 1.165) is 5.56 Å². The quantitative estimate of drug-likeness (QED) is 0.499. The fraction of sp³-hybridized carbons (Fsp3) is 0.286. The van der Waals surface area contributed by atoms with Gasteiger partial charge in [0.1, 0.15) is 16.0 Å². The lowest BCUT2D eigenvalue weighted by atomic mass is 10.3. The lowest BCUT2D eigenvalue weighted by molar-refractivity contribution is 0.906. The van der Waals surface area contributed by atoms with Crippen LogP contribution in [0.3, 0.4) is 0 Å². The maximum atomic E-state index is 5.65.